The molecule has 0 bridgehead atoms. The largest absolute Gasteiger partial charge is 0.468 e. The lowest BCUT2D eigenvalue weighted by molar-refractivity contribution is -0.189. The number of likely N-dealkylation sites (tertiary alicyclic amines) is 1. The molecule has 1 saturated heterocycles. The lowest BCUT2D eigenvalue weighted by atomic mass is 9.55. The first kappa shape index (κ1) is 29.0. The molecule has 40 heavy (non-hydrogen) atoms. The number of methoxy groups -OCH3 is 2. The van der Waals surface area contributed by atoms with Crippen molar-refractivity contribution in [3.63, 3.8) is 0 Å². The molecule has 1 fully saturated rings. The molecule has 0 aromatic heterocycles. The van der Waals surface area contributed by atoms with Gasteiger partial charge in [-0.1, -0.05) is 88.2 Å². The van der Waals surface area contributed by atoms with Gasteiger partial charge >= 0.3 is 11.9 Å². The van der Waals surface area contributed by atoms with E-state index in [0.717, 1.165) is 26.5 Å². The zero-order valence-electron chi connectivity index (χ0n) is 23.5. The summed E-state index contributed by atoms with van der Waals surface area (Å²) in [6, 6.07) is 22.1. The Kier molecular flexibility index (Phi) is 8.03. The third kappa shape index (κ3) is 4.74. The van der Waals surface area contributed by atoms with Gasteiger partial charge in [-0.15, -0.1) is 0 Å². The van der Waals surface area contributed by atoms with Gasteiger partial charge in [-0.2, -0.15) is 0 Å². The first-order valence-corrected chi connectivity index (χ1v) is 15.1. The summed E-state index contributed by atoms with van der Waals surface area (Å²) in [6.45, 7) is 7.31. The monoisotopic (exact) mass is 667 g/mol. The van der Waals surface area contributed by atoms with Crippen LogP contribution in [-0.2, 0) is 37.4 Å². The molecule has 1 aliphatic heterocycles. The van der Waals surface area contributed by atoms with Crippen molar-refractivity contribution in [2.45, 2.75) is 57.7 Å². The molecule has 2 aliphatic rings. The van der Waals surface area contributed by atoms with Crippen LogP contribution >= 0.6 is 31.9 Å². The lowest BCUT2D eigenvalue weighted by Gasteiger charge is -2.60. The second-order valence-electron chi connectivity index (χ2n) is 11.6. The van der Waals surface area contributed by atoms with Gasteiger partial charge in [0.15, 0.2) is 5.41 Å². The smallest absolute Gasteiger partial charge is 0.325 e. The van der Waals surface area contributed by atoms with Crippen molar-refractivity contribution in [1.82, 2.24) is 4.90 Å². The Morgan fingerprint density at radius 1 is 0.900 bits per heavy atom. The van der Waals surface area contributed by atoms with Crippen molar-refractivity contribution in [2.24, 2.45) is 11.3 Å². The maximum absolute atomic E-state index is 14.0. The van der Waals surface area contributed by atoms with E-state index in [4.69, 9.17) is 9.47 Å². The van der Waals surface area contributed by atoms with Crippen LogP contribution in [0.5, 0.6) is 0 Å². The van der Waals surface area contributed by atoms with Crippen LogP contribution in [0.25, 0.3) is 0 Å². The zero-order chi connectivity index (χ0) is 28.8. The van der Waals surface area contributed by atoms with Crippen molar-refractivity contribution >= 4 is 43.8 Å². The first-order valence-electron chi connectivity index (χ1n) is 13.6. The van der Waals surface area contributed by atoms with E-state index in [-0.39, 0.29) is 17.4 Å². The van der Waals surface area contributed by atoms with E-state index in [2.05, 4.69) is 87.9 Å². The van der Waals surface area contributed by atoms with E-state index in [1.165, 1.54) is 30.9 Å². The average Bonchev–Trinajstić information content (AvgIpc) is 2.94. The molecule has 5 rings (SSSR count). The number of carbonyl (C=O) groups excluding carboxylic acids is 2. The Bertz CT molecular complexity index is 1400. The predicted octanol–water partition coefficient (Wildman–Crippen LogP) is 7.32. The molecule has 3 aromatic carbocycles. The van der Waals surface area contributed by atoms with E-state index >= 15 is 0 Å². The van der Waals surface area contributed by atoms with Crippen LogP contribution in [0.3, 0.4) is 0 Å². The van der Waals surface area contributed by atoms with Crippen molar-refractivity contribution < 1.29 is 19.1 Å². The summed E-state index contributed by atoms with van der Waals surface area (Å²) < 4.78 is 12.8. The molecule has 0 radical (unpaired) electrons. The average molecular weight is 669 g/mol. The van der Waals surface area contributed by atoms with Crippen LogP contribution in [0.15, 0.2) is 75.7 Å². The fourth-order valence-corrected chi connectivity index (χ4v) is 8.01. The van der Waals surface area contributed by atoms with Gasteiger partial charge in [0.25, 0.3) is 0 Å². The highest BCUT2D eigenvalue weighted by molar-refractivity contribution is 9.10. The maximum atomic E-state index is 14.0. The SMILES string of the molecule is COC(=O)C1(C(=O)OC)CC2Cc3c(C)cccc3C(C)(C)C2N(Cc2ccc(Br)cc2)C1c1ccc(Br)cc1. The third-order valence-electron chi connectivity index (χ3n) is 9.06. The number of esters is 2. The summed E-state index contributed by atoms with van der Waals surface area (Å²) in [4.78, 5) is 30.3. The highest BCUT2D eigenvalue weighted by Gasteiger charge is 2.65. The fourth-order valence-electron chi connectivity index (χ4n) is 7.49. The maximum Gasteiger partial charge on any atom is 0.325 e. The molecule has 1 aliphatic carbocycles. The molecule has 3 atom stereocenters. The number of hydrogen-bond donors (Lipinski definition) is 0. The van der Waals surface area contributed by atoms with Crippen LogP contribution in [0.4, 0.5) is 0 Å². The Balaban J connectivity index is 1.80. The Labute approximate surface area is 253 Å². The molecule has 0 spiro atoms. The standard InChI is InChI=1S/C33H35Br2NO4/c1-20-7-6-8-27-26(20)17-23-18-33(30(37)39-4,31(38)40-5)29(22-11-15-25(35)16-12-22)36(28(23)32(27,2)3)19-21-9-13-24(34)14-10-21/h6-16,23,28-29H,17-19H2,1-5H3. The number of ether oxygens (including phenoxy) is 2. The summed E-state index contributed by atoms with van der Waals surface area (Å²) in [5, 5.41) is 0. The minimum atomic E-state index is -1.54. The molecule has 3 aromatic rings. The number of rotatable bonds is 5. The van der Waals surface area contributed by atoms with Gasteiger partial charge in [0, 0.05) is 26.9 Å². The molecule has 1 heterocycles. The second kappa shape index (κ2) is 11.1. The van der Waals surface area contributed by atoms with Crippen molar-refractivity contribution in [3.8, 4) is 0 Å². The molecular formula is C33H35Br2NO4. The van der Waals surface area contributed by atoms with E-state index in [1.807, 2.05) is 36.4 Å². The van der Waals surface area contributed by atoms with Gasteiger partial charge in [0.1, 0.15) is 0 Å². The van der Waals surface area contributed by atoms with Crippen LogP contribution < -0.4 is 0 Å². The van der Waals surface area contributed by atoms with Gasteiger partial charge in [-0.25, -0.2) is 0 Å². The highest BCUT2D eigenvalue weighted by atomic mass is 79.9. The number of benzene rings is 3. The van der Waals surface area contributed by atoms with E-state index in [9.17, 15) is 9.59 Å². The van der Waals surface area contributed by atoms with E-state index < -0.39 is 23.4 Å². The summed E-state index contributed by atoms with van der Waals surface area (Å²) in [5.74, 6) is -1.09. The van der Waals surface area contributed by atoms with Crippen LogP contribution in [0.2, 0.25) is 0 Å². The molecule has 5 nitrogen and oxygen atoms in total. The molecule has 0 saturated carbocycles. The number of piperidine rings is 1. The van der Waals surface area contributed by atoms with Gasteiger partial charge in [0.2, 0.25) is 0 Å². The van der Waals surface area contributed by atoms with Crippen LogP contribution in [-0.4, -0.2) is 37.1 Å². The predicted molar refractivity (Wildman–Crippen MR) is 163 cm³/mol. The number of fused-ring (bicyclic) bond motifs is 2. The van der Waals surface area contributed by atoms with Crippen LogP contribution in [0.1, 0.15) is 54.1 Å². The Morgan fingerprint density at radius 3 is 2.05 bits per heavy atom. The fraction of sp³-hybridized carbons (Fsp3) is 0.394. The topological polar surface area (TPSA) is 55.8 Å². The molecule has 210 valence electrons. The molecule has 3 unspecified atom stereocenters. The second-order valence-corrected chi connectivity index (χ2v) is 13.5. The van der Waals surface area contributed by atoms with Gasteiger partial charge < -0.3 is 9.47 Å². The van der Waals surface area contributed by atoms with Crippen molar-refractivity contribution in [2.75, 3.05) is 14.2 Å². The highest BCUT2D eigenvalue weighted by Crippen LogP contribution is 2.58. The Hall–Kier alpha value is -2.48. The number of hydrogen-bond acceptors (Lipinski definition) is 5. The van der Waals surface area contributed by atoms with Crippen LogP contribution in [0, 0.1) is 18.3 Å². The lowest BCUT2D eigenvalue weighted by Crippen LogP contribution is -2.66. The normalized spacial score (nSPS) is 23.0. The minimum Gasteiger partial charge on any atom is -0.468 e. The number of halogens is 2. The summed E-state index contributed by atoms with van der Waals surface area (Å²) >= 11 is 7.11. The Morgan fingerprint density at radius 2 is 1.48 bits per heavy atom. The first-order chi connectivity index (χ1) is 19.0. The summed E-state index contributed by atoms with van der Waals surface area (Å²) in [5.41, 5.74) is 4.05. The zero-order valence-corrected chi connectivity index (χ0v) is 26.7. The summed E-state index contributed by atoms with van der Waals surface area (Å²) in [7, 11) is 2.72. The number of carbonyl (C=O) groups is 2. The van der Waals surface area contributed by atoms with Crippen molar-refractivity contribution in [3.05, 3.63) is 103 Å². The van der Waals surface area contributed by atoms with E-state index in [1.54, 1.807) is 0 Å². The van der Waals surface area contributed by atoms with E-state index in [0.29, 0.717) is 13.0 Å². The van der Waals surface area contributed by atoms with Gasteiger partial charge in [-0.3, -0.25) is 14.5 Å². The minimum absolute atomic E-state index is 0.0175. The molecular weight excluding hydrogens is 634 g/mol. The third-order valence-corrected chi connectivity index (χ3v) is 10.1. The summed E-state index contributed by atoms with van der Waals surface area (Å²) in [6.07, 6.45) is 1.11. The van der Waals surface area contributed by atoms with Crippen molar-refractivity contribution in [1.29, 1.82) is 0 Å². The number of nitrogens with zero attached hydrogens (tertiary/aromatic N) is 1. The van der Waals surface area contributed by atoms with Gasteiger partial charge in [0.05, 0.1) is 20.3 Å². The quantitative estimate of drug-likeness (QED) is 0.211. The molecule has 7 heteroatoms. The number of aryl methyl sites for hydroxylation is 1. The van der Waals surface area contributed by atoms with Gasteiger partial charge in [-0.05, 0) is 77.8 Å². The molecule has 0 N–H and O–H groups in total. The molecule has 0 amide bonds.